The average molecular weight is 780 g/mol. The summed E-state index contributed by atoms with van der Waals surface area (Å²) in [5, 5.41) is 19.6. The Morgan fingerprint density at radius 3 is 2.14 bits per heavy atom. The van der Waals surface area contributed by atoms with E-state index in [0.717, 1.165) is 78.3 Å². The number of anilines is 1. The number of aromatic amines is 3. The van der Waals surface area contributed by atoms with Gasteiger partial charge in [0.05, 0.1) is 46.0 Å². The first-order chi connectivity index (χ1) is 28.9. The minimum Gasteiger partial charge on any atom is -0.398 e. The van der Waals surface area contributed by atoms with Crippen LogP contribution in [0.4, 0.5) is 5.69 Å². The highest BCUT2D eigenvalue weighted by atomic mass is 15.1. The minimum atomic E-state index is 0.358. The first-order valence-corrected chi connectivity index (χ1v) is 20.4. The Kier molecular flexibility index (Phi) is 11.6. The lowest BCUT2D eigenvalue weighted by Gasteiger charge is -2.14. The fourth-order valence-electron chi connectivity index (χ4n) is 7.71. The summed E-state index contributed by atoms with van der Waals surface area (Å²) < 4.78 is 0. The van der Waals surface area contributed by atoms with Crippen LogP contribution in [-0.4, -0.2) is 70.3 Å². The lowest BCUT2D eigenvalue weighted by atomic mass is 9.98. The third kappa shape index (κ3) is 8.65. The van der Waals surface area contributed by atoms with E-state index in [2.05, 4.69) is 81.4 Å². The third-order valence-electron chi connectivity index (χ3n) is 10.7. The Morgan fingerprint density at radius 1 is 0.695 bits per heavy atom. The summed E-state index contributed by atoms with van der Waals surface area (Å²) >= 11 is 0. The topological polar surface area (TPSA) is 165 Å². The van der Waals surface area contributed by atoms with Gasteiger partial charge in [-0.2, -0.15) is 5.10 Å². The maximum Gasteiger partial charge on any atom is 0.116 e. The van der Waals surface area contributed by atoms with Gasteiger partial charge in [-0.15, -0.1) is 0 Å². The predicted octanol–water partition coefficient (Wildman–Crippen LogP) is 10.2. The number of nitrogens with zero attached hydrogens (tertiary/aromatic N) is 6. The number of benzene rings is 2. The van der Waals surface area contributed by atoms with Crippen molar-refractivity contribution in [3.63, 3.8) is 0 Å². The van der Waals surface area contributed by atoms with E-state index >= 15 is 0 Å². The number of hydrogen-bond donors (Lipinski definition) is 5. The van der Waals surface area contributed by atoms with Gasteiger partial charge in [0.15, 0.2) is 0 Å². The summed E-state index contributed by atoms with van der Waals surface area (Å²) in [6.45, 7) is 9.72. The number of nitrogen functional groups attached to an aromatic ring is 1. The van der Waals surface area contributed by atoms with Crippen molar-refractivity contribution in [1.82, 2.24) is 45.0 Å². The summed E-state index contributed by atoms with van der Waals surface area (Å²) in [6.07, 6.45) is 19.7. The van der Waals surface area contributed by atoms with Crippen molar-refractivity contribution in [1.29, 1.82) is 5.41 Å². The van der Waals surface area contributed by atoms with Gasteiger partial charge in [0.1, 0.15) is 5.69 Å². The van der Waals surface area contributed by atoms with Crippen LogP contribution in [0, 0.1) is 12.3 Å². The second-order valence-electron chi connectivity index (χ2n) is 14.8. The summed E-state index contributed by atoms with van der Waals surface area (Å²) in [7, 11) is 0. The normalized spacial score (nSPS) is 12.7. The number of nitrogens with two attached hydrogens (primary N) is 1. The molecule has 11 nitrogen and oxygen atoms in total. The SMILES string of the molecule is CC.Cc1cncc(-c2ccc(N)c(C(=N)c3cc4ccncc4[nH]3)c2)c1.c1cc2cc(-c3n[nH]c4ccc(-c5cncc(CCCN6CCCC6)c5)cc34)[nH]c2cn1. The molecule has 0 aliphatic carbocycles. The van der Waals surface area contributed by atoms with Crippen LogP contribution in [0.3, 0.4) is 0 Å². The molecular weight excluding hydrogens is 731 g/mol. The fourth-order valence-corrected chi connectivity index (χ4v) is 7.71. The van der Waals surface area contributed by atoms with Crippen molar-refractivity contribution in [2.24, 2.45) is 0 Å². The van der Waals surface area contributed by atoms with Crippen LogP contribution in [0.25, 0.3) is 66.4 Å². The maximum absolute atomic E-state index is 8.60. The van der Waals surface area contributed by atoms with Crippen molar-refractivity contribution in [2.45, 2.75) is 46.5 Å². The molecule has 8 heterocycles. The molecule has 296 valence electrons. The third-order valence-corrected chi connectivity index (χ3v) is 10.7. The number of likely N-dealkylation sites (tertiary alicyclic amines) is 1. The van der Waals surface area contributed by atoms with E-state index in [1.165, 1.54) is 44.5 Å². The Labute approximate surface area is 343 Å². The molecule has 6 N–H and O–H groups in total. The fraction of sp³-hybridized carbons (Fsp3) is 0.208. The molecule has 0 saturated carbocycles. The van der Waals surface area contributed by atoms with Gasteiger partial charge >= 0.3 is 0 Å². The Morgan fingerprint density at radius 2 is 1.39 bits per heavy atom. The molecular formula is C48H49N11. The van der Waals surface area contributed by atoms with E-state index in [4.69, 9.17) is 11.1 Å². The van der Waals surface area contributed by atoms with Gasteiger partial charge in [-0.05, 0) is 135 Å². The first kappa shape index (κ1) is 38.9. The quantitative estimate of drug-likeness (QED) is 0.0718. The van der Waals surface area contributed by atoms with Gasteiger partial charge in [0, 0.05) is 75.7 Å². The van der Waals surface area contributed by atoms with Gasteiger partial charge < -0.3 is 20.6 Å². The highest BCUT2D eigenvalue weighted by Gasteiger charge is 2.15. The number of hydrogen-bond acceptors (Lipinski definition) is 8. The van der Waals surface area contributed by atoms with Crippen LogP contribution in [0.1, 0.15) is 55.5 Å². The number of H-pyrrole nitrogens is 3. The van der Waals surface area contributed by atoms with E-state index in [1.807, 2.05) is 94.4 Å². The average Bonchev–Trinajstić information content (AvgIpc) is 4.11. The Balaban J connectivity index is 0.000000162. The number of aryl methyl sites for hydroxylation is 2. The molecule has 59 heavy (non-hydrogen) atoms. The molecule has 0 unspecified atom stereocenters. The summed E-state index contributed by atoms with van der Waals surface area (Å²) in [5.74, 6) is 0. The molecule has 1 fully saturated rings. The van der Waals surface area contributed by atoms with E-state index in [9.17, 15) is 0 Å². The van der Waals surface area contributed by atoms with Crippen molar-refractivity contribution in [3.05, 3.63) is 145 Å². The van der Waals surface area contributed by atoms with Gasteiger partial charge in [0.25, 0.3) is 0 Å². The second kappa shape index (κ2) is 17.7. The van der Waals surface area contributed by atoms with E-state index < -0.39 is 0 Å². The lowest BCUT2D eigenvalue weighted by molar-refractivity contribution is 0.334. The van der Waals surface area contributed by atoms with E-state index in [-0.39, 0.29) is 0 Å². The van der Waals surface area contributed by atoms with Crippen LogP contribution in [-0.2, 0) is 6.42 Å². The summed E-state index contributed by atoms with van der Waals surface area (Å²) in [4.78, 5) is 26.3. The summed E-state index contributed by atoms with van der Waals surface area (Å²) in [6, 6.07) is 24.5. The Bertz CT molecular complexity index is 2790. The number of nitrogens with one attached hydrogen (secondary N) is 4. The number of aromatic nitrogens is 8. The maximum atomic E-state index is 8.60. The van der Waals surface area contributed by atoms with E-state index in [0.29, 0.717) is 22.7 Å². The molecule has 1 aliphatic rings. The molecule has 1 aliphatic heterocycles. The van der Waals surface area contributed by atoms with Crippen LogP contribution in [0.15, 0.2) is 122 Å². The molecule has 2 aromatic carbocycles. The minimum absolute atomic E-state index is 0.358. The van der Waals surface area contributed by atoms with Crippen molar-refractivity contribution in [2.75, 3.05) is 25.4 Å². The zero-order valence-corrected chi connectivity index (χ0v) is 33.8. The highest BCUT2D eigenvalue weighted by Crippen LogP contribution is 2.32. The molecule has 7 aromatic heterocycles. The highest BCUT2D eigenvalue weighted by molar-refractivity contribution is 6.15. The molecule has 1 saturated heterocycles. The lowest BCUT2D eigenvalue weighted by Crippen LogP contribution is -2.20. The van der Waals surface area contributed by atoms with Crippen molar-refractivity contribution < 1.29 is 0 Å². The van der Waals surface area contributed by atoms with Crippen LogP contribution >= 0.6 is 0 Å². The molecule has 0 bridgehead atoms. The van der Waals surface area contributed by atoms with Gasteiger partial charge in [-0.25, -0.2) is 0 Å². The van der Waals surface area contributed by atoms with Crippen LogP contribution in [0.5, 0.6) is 0 Å². The molecule has 0 spiro atoms. The molecule has 0 radical (unpaired) electrons. The Hall–Kier alpha value is -6.98. The van der Waals surface area contributed by atoms with Gasteiger partial charge in [-0.1, -0.05) is 26.0 Å². The van der Waals surface area contributed by atoms with E-state index in [1.54, 1.807) is 12.4 Å². The van der Waals surface area contributed by atoms with Crippen molar-refractivity contribution >= 4 is 44.1 Å². The number of fused-ring (bicyclic) bond motifs is 3. The zero-order valence-electron chi connectivity index (χ0n) is 33.8. The standard InChI is InChI=1S/C26H26N6.C20H17N5.C2H6/c1-2-10-32(9-1)11-3-4-18-12-21(16-28-15-18)19-5-6-23-22(13-19)26(31-30-23)24-14-20-7-8-27-17-25(20)29-24;1-12-6-15(10-24-9-12)13-2-3-17(21)16(7-13)20(22)18-8-14-4-5-23-11-19(14)25-18;1-2/h5-8,12-17,29H,1-4,9-11H2,(H,30,31);2-11,22,25H,21H2,1H3;1-2H3. The molecule has 0 amide bonds. The molecule has 9 aromatic rings. The molecule has 0 atom stereocenters. The zero-order chi connectivity index (χ0) is 40.7. The predicted molar refractivity (Wildman–Crippen MR) is 241 cm³/mol. The number of rotatable bonds is 9. The largest absolute Gasteiger partial charge is 0.398 e. The second-order valence-corrected chi connectivity index (χ2v) is 14.8. The van der Waals surface area contributed by atoms with Gasteiger partial charge in [0.2, 0.25) is 0 Å². The molecule has 10 rings (SSSR count). The first-order valence-electron chi connectivity index (χ1n) is 20.4. The monoisotopic (exact) mass is 779 g/mol. The smallest absolute Gasteiger partial charge is 0.116 e. The van der Waals surface area contributed by atoms with Crippen LogP contribution < -0.4 is 5.73 Å². The summed E-state index contributed by atoms with van der Waals surface area (Å²) in [5.41, 5.74) is 20.0. The van der Waals surface area contributed by atoms with Gasteiger partial charge in [-0.3, -0.25) is 30.4 Å². The number of pyridine rings is 4. The van der Waals surface area contributed by atoms with Crippen molar-refractivity contribution in [3.8, 4) is 33.6 Å². The van der Waals surface area contributed by atoms with Crippen LogP contribution in [0.2, 0.25) is 0 Å². The molecule has 11 heteroatoms.